The number of methoxy groups -OCH3 is 2. The van der Waals surface area contributed by atoms with Gasteiger partial charge in [0.2, 0.25) is 10.0 Å². The Kier molecular flexibility index (Phi) is 8.01. The lowest BCUT2D eigenvalue weighted by molar-refractivity contribution is 0.250. The van der Waals surface area contributed by atoms with Crippen molar-refractivity contribution in [2.24, 2.45) is 0 Å². The SMILES string of the molecule is COc1cc2c(cc1OC)CN(CCCNS(=O)(=O)c1ccc3oc(=O)ccc3c1)CC2.Cl. The van der Waals surface area contributed by atoms with Crippen LogP contribution in [-0.4, -0.2) is 47.2 Å². The van der Waals surface area contributed by atoms with Gasteiger partial charge < -0.3 is 13.9 Å². The Morgan fingerprint density at radius 3 is 2.48 bits per heavy atom. The van der Waals surface area contributed by atoms with Gasteiger partial charge in [-0.3, -0.25) is 4.90 Å². The van der Waals surface area contributed by atoms with Gasteiger partial charge in [0.25, 0.3) is 0 Å². The van der Waals surface area contributed by atoms with Crippen molar-refractivity contribution in [1.29, 1.82) is 0 Å². The quantitative estimate of drug-likeness (QED) is 0.379. The second-order valence-electron chi connectivity index (χ2n) is 7.71. The predicted molar refractivity (Wildman–Crippen MR) is 128 cm³/mol. The first-order valence-electron chi connectivity index (χ1n) is 10.4. The number of fused-ring (bicyclic) bond motifs is 2. The van der Waals surface area contributed by atoms with Crippen LogP contribution in [0.2, 0.25) is 0 Å². The molecule has 0 bridgehead atoms. The molecule has 0 saturated carbocycles. The molecule has 2 heterocycles. The molecule has 0 aliphatic carbocycles. The third-order valence-corrected chi connectivity index (χ3v) is 7.10. The molecule has 0 amide bonds. The smallest absolute Gasteiger partial charge is 0.336 e. The Balaban J connectivity index is 0.00000306. The standard InChI is InChI=1S/C23H26N2O6S.ClH/c1-29-21-13-16-8-11-25(15-18(16)14-22(21)30-2)10-3-9-24-32(27,28)19-5-6-20-17(12-19)4-7-23(26)31-20;/h4-7,12-14,24H,3,8-11,15H2,1-2H3;1H. The number of sulfonamides is 1. The number of ether oxygens (including phenoxy) is 2. The zero-order valence-corrected chi connectivity index (χ0v) is 20.1. The fourth-order valence-electron chi connectivity index (χ4n) is 3.94. The molecule has 0 radical (unpaired) electrons. The van der Waals surface area contributed by atoms with Gasteiger partial charge in [0.15, 0.2) is 11.5 Å². The van der Waals surface area contributed by atoms with E-state index in [-0.39, 0.29) is 17.3 Å². The number of nitrogens with zero attached hydrogens (tertiary/aromatic N) is 1. The lowest BCUT2D eigenvalue weighted by Gasteiger charge is -2.29. The first-order valence-corrected chi connectivity index (χ1v) is 11.9. The van der Waals surface area contributed by atoms with Crippen molar-refractivity contribution in [2.75, 3.05) is 33.9 Å². The maximum atomic E-state index is 12.6. The summed E-state index contributed by atoms with van der Waals surface area (Å²) < 4.78 is 43.8. The average molecular weight is 495 g/mol. The van der Waals surface area contributed by atoms with Crippen molar-refractivity contribution < 1.29 is 22.3 Å². The summed E-state index contributed by atoms with van der Waals surface area (Å²) in [5, 5.41) is 0.562. The van der Waals surface area contributed by atoms with Crippen molar-refractivity contribution in [3.05, 3.63) is 64.0 Å². The molecule has 0 unspecified atom stereocenters. The molecule has 178 valence electrons. The van der Waals surface area contributed by atoms with Crippen molar-refractivity contribution in [2.45, 2.75) is 24.3 Å². The molecule has 3 aromatic rings. The Morgan fingerprint density at radius 1 is 1.03 bits per heavy atom. The van der Waals surface area contributed by atoms with E-state index in [0.717, 1.165) is 37.6 Å². The van der Waals surface area contributed by atoms with Gasteiger partial charge in [-0.05, 0) is 66.9 Å². The topological polar surface area (TPSA) is 98.1 Å². The highest BCUT2D eigenvalue weighted by molar-refractivity contribution is 7.89. The van der Waals surface area contributed by atoms with E-state index in [9.17, 15) is 13.2 Å². The molecule has 0 atom stereocenters. The summed E-state index contributed by atoms with van der Waals surface area (Å²) in [6, 6.07) is 11.3. The minimum atomic E-state index is -3.65. The maximum Gasteiger partial charge on any atom is 0.336 e. The zero-order chi connectivity index (χ0) is 22.7. The summed E-state index contributed by atoms with van der Waals surface area (Å²) in [6.45, 7) is 2.81. The van der Waals surface area contributed by atoms with Crippen molar-refractivity contribution in [1.82, 2.24) is 9.62 Å². The highest BCUT2D eigenvalue weighted by Gasteiger charge is 2.20. The average Bonchev–Trinajstić information content (AvgIpc) is 2.80. The zero-order valence-electron chi connectivity index (χ0n) is 18.5. The molecule has 33 heavy (non-hydrogen) atoms. The molecule has 0 fully saturated rings. The van der Waals surface area contributed by atoms with Gasteiger partial charge in [-0.25, -0.2) is 17.9 Å². The van der Waals surface area contributed by atoms with Crippen LogP contribution < -0.4 is 19.8 Å². The second-order valence-corrected chi connectivity index (χ2v) is 9.47. The van der Waals surface area contributed by atoms with Crippen LogP contribution in [0.5, 0.6) is 11.5 Å². The van der Waals surface area contributed by atoms with Crippen LogP contribution in [0, 0.1) is 0 Å². The van der Waals surface area contributed by atoms with Gasteiger partial charge in [0.05, 0.1) is 19.1 Å². The van der Waals surface area contributed by atoms with E-state index in [0.29, 0.717) is 23.9 Å². The molecule has 2 aromatic carbocycles. The highest BCUT2D eigenvalue weighted by Crippen LogP contribution is 2.33. The third-order valence-electron chi connectivity index (χ3n) is 5.64. The van der Waals surface area contributed by atoms with E-state index in [1.54, 1.807) is 20.3 Å². The Hall–Kier alpha value is -2.59. The minimum Gasteiger partial charge on any atom is -0.493 e. The van der Waals surface area contributed by atoms with Crippen LogP contribution in [0.1, 0.15) is 17.5 Å². The number of benzene rings is 2. The van der Waals surface area contributed by atoms with Crippen LogP contribution in [0.4, 0.5) is 0 Å². The Morgan fingerprint density at radius 2 is 1.76 bits per heavy atom. The van der Waals surface area contributed by atoms with E-state index < -0.39 is 15.6 Å². The fourth-order valence-corrected chi connectivity index (χ4v) is 5.05. The molecule has 1 N–H and O–H groups in total. The summed E-state index contributed by atoms with van der Waals surface area (Å²) in [5.41, 5.74) is 2.35. The first-order chi connectivity index (χ1) is 15.4. The normalized spacial score (nSPS) is 13.9. The van der Waals surface area contributed by atoms with Gasteiger partial charge in [0.1, 0.15) is 5.58 Å². The summed E-state index contributed by atoms with van der Waals surface area (Å²) in [6.07, 6.45) is 1.60. The Bertz CT molecular complexity index is 1290. The molecule has 1 aliphatic rings. The van der Waals surface area contributed by atoms with Gasteiger partial charge in [0, 0.05) is 31.1 Å². The van der Waals surface area contributed by atoms with Crippen LogP contribution in [-0.2, 0) is 23.0 Å². The monoisotopic (exact) mass is 494 g/mol. The van der Waals surface area contributed by atoms with Gasteiger partial charge in [-0.15, -0.1) is 12.4 Å². The second kappa shape index (κ2) is 10.6. The summed E-state index contributed by atoms with van der Waals surface area (Å²) in [4.78, 5) is 13.7. The molecular formula is C23H27ClN2O6S. The number of nitrogens with one attached hydrogen (secondary N) is 1. The lowest BCUT2D eigenvalue weighted by atomic mass is 9.98. The number of rotatable bonds is 8. The van der Waals surface area contributed by atoms with Crippen LogP contribution in [0.3, 0.4) is 0 Å². The van der Waals surface area contributed by atoms with Crippen molar-refractivity contribution in [3.63, 3.8) is 0 Å². The minimum absolute atomic E-state index is 0. The van der Waals surface area contributed by atoms with E-state index in [1.165, 1.54) is 35.4 Å². The maximum absolute atomic E-state index is 12.6. The summed E-state index contributed by atoms with van der Waals surface area (Å²) in [5.74, 6) is 1.46. The van der Waals surface area contributed by atoms with E-state index in [2.05, 4.69) is 9.62 Å². The Labute approximate surface area is 199 Å². The molecule has 4 rings (SSSR count). The molecule has 8 nitrogen and oxygen atoms in total. The van der Waals surface area contributed by atoms with E-state index >= 15 is 0 Å². The number of halogens is 1. The van der Waals surface area contributed by atoms with Crippen LogP contribution >= 0.6 is 12.4 Å². The number of hydrogen-bond acceptors (Lipinski definition) is 7. The van der Waals surface area contributed by atoms with Gasteiger partial charge in [-0.2, -0.15) is 0 Å². The van der Waals surface area contributed by atoms with E-state index in [4.69, 9.17) is 13.9 Å². The summed E-state index contributed by atoms with van der Waals surface area (Å²) in [7, 11) is -0.387. The van der Waals surface area contributed by atoms with Crippen molar-refractivity contribution in [3.8, 4) is 11.5 Å². The predicted octanol–water partition coefficient (Wildman–Crippen LogP) is 2.96. The highest BCUT2D eigenvalue weighted by atomic mass is 35.5. The fraction of sp³-hybridized carbons (Fsp3) is 0.348. The molecular weight excluding hydrogens is 468 g/mol. The molecule has 1 aromatic heterocycles. The van der Waals surface area contributed by atoms with Gasteiger partial charge >= 0.3 is 5.63 Å². The van der Waals surface area contributed by atoms with Gasteiger partial charge in [-0.1, -0.05) is 0 Å². The third kappa shape index (κ3) is 5.67. The molecule has 10 heteroatoms. The first kappa shape index (κ1) is 25.0. The molecule has 0 saturated heterocycles. The summed E-state index contributed by atoms with van der Waals surface area (Å²) >= 11 is 0. The van der Waals surface area contributed by atoms with Crippen molar-refractivity contribution >= 4 is 33.4 Å². The molecule has 1 aliphatic heterocycles. The number of hydrogen-bond donors (Lipinski definition) is 1. The molecule has 0 spiro atoms. The van der Waals surface area contributed by atoms with E-state index in [1.807, 2.05) is 12.1 Å². The van der Waals surface area contributed by atoms with Crippen LogP contribution in [0.25, 0.3) is 11.0 Å². The largest absolute Gasteiger partial charge is 0.493 e. The lowest BCUT2D eigenvalue weighted by Crippen LogP contribution is -2.33. The van der Waals surface area contributed by atoms with Crippen LogP contribution in [0.15, 0.2) is 56.6 Å².